The zero-order chi connectivity index (χ0) is 26.5. The van der Waals surface area contributed by atoms with Crippen molar-refractivity contribution in [3.05, 3.63) is 138 Å². The second-order valence-corrected chi connectivity index (χ2v) is 12.3. The Morgan fingerprint density at radius 2 is 1.03 bits per heavy atom. The molecule has 0 amide bonds. The van der Waals surface area contributed by atoms with E-state index in [1.165, 1.54) is 72.0 Å². The predicted octanol–water partition coefficient (Wildman–Crippen LogP) is 10.4. The van der Waals surface area contributed by atoms with E-state index in [2.05, 4.69) is 148 Å². The van der Waals surface area contributed by atoms with E-state index in [0.717, 1.165) is 0 Å². The average molecular weight is 502 g/mol. The van der Waals surface area contributed by atoms with Gasteiger partial charge in [-0.15, -0.1) is 0 Å². The van der Waals surface area contributed by atoms with Crippen LogP contribution in [-0.4, -0.2) is 0 Å². The zero-order valence-corrected chi connectivity index (χ0v) is 22.9. The Hall–Kier alpha value is -4.36. The lowest BCUT2D eigenvalue weighted by Gasteiger charge is -2.43. The first-order valence-corrected chi connectivity index (χ1v) is 14.0. The molecule has 6 aromatic carbocycles. The van der Waals surface area contributed by atoms with Crippen molar-refractivity contribution >= 4 is 38.6 Å². The molecule has 6 aromatic rings. The largest absolute Gasteiger partial charge is 0.309 e. The van der Waals surface area contributed by atoms with Gasteiger partial charge in [0.05, 0.1) is 17.1 Å². The van der Waals surface area contributed by atoms with Gasteiger partial charge in [-0.3, -0.25) is 0 Å². The summed E-state index contributed by atoms with van der Waals surface area (Å²) in [7, 11) is 0. The molecular formula is C38H31N. The van der Waals surface area contributed by atoms with Crippen molar-refractivity contribution in [2.45, 2.75) is 38.5 Å². The molecule has 1 heterocycles. The van der Waals surface area contributed by atoms with Crippen molar-refractivity contribution in [2.75, 3.05) is 4.90 Å². The highest BCUT2D eigenvalue weighted by Gasteiger charge is 2.42. The molecule has 1 aliphatic carbocycles. The van der Waals surface area contributed by atoms with Gasteiger partial charge in [0.2, 0.25) is 0 Å². The fourth-order valence-corrected chi connectivity index (χ4v) is 7.30. The summed E-state index contributed by atoms with van der Waals surface area (Å²) in [6.45, 7) is 9.52. The molecule has 39 heavy (non-hydrogen) atoms. The van der Waals surface area contributed by atoms with E-state index in [-0.39, 0.29) is 10.8 Å². The van der Waals surface area contributed by atoms with Crippen molar-refractivity contribution in [3.8, 4) is 11.1 Å². The molecular weight excluding hydrogens is 470 g/mol. The highest BCUT2D eigenvalue weighted by Crippen LogP contribution is 2.57. The maximum Gasteiger partial charge on any atom is 0.0540 e. The molecule has 0 bridgehead atoms. The summed E-state index contributed by atoms with van der Waals surface area (Å²) in [5.41, 5.74) is 11.9. The van der Waals surface area contributed by atoms with E-state index in [1.54, 1.807) is 0 Å². The Morgan fingerprint density at radius 3 is 1.85 bits per heavy atom. The van der Waals surface area contributed by atoms with Gasteiger partial charge in [0, 0.05) is 16.2 Å². The van der Waals surface area contributed by atoms with Crippen LogP contribution in [0.15, 0.2) is 115 Å². The van der Waals surface area contributed by atoms with Crippen LogP contribution < -0.4 is 4.90 Å². The minimum absolute atomic E-state index is 0.0529. The van der Waals surface area contributed by atoms with Crippen LogP contribution in [-0.2, 0) is 10.8 Å². The summed E-state index contributed by atoms with van der Waals surface area (Å²) < 4.78 is 0. The third-order valence-corrected chi connectivity index (χ3v) is 9.40. The van der Waals surface area contributed by atoms with Gasteiger partial charge >= 0.3 is 0 Å². The second-order valence-electron chi connectivity index (χ2n) is 12.3. The van der Waals surface area contributed by atoms with Gasteiger partial charge in [-0.25, -0.2) is 0 Å². The molecule has 1 aliphatic heterocycles. The lowest BCUT2D eigenvalue weighted by Crippen LogP contribution is -2.31. The summed E-state index contributed by atoms with van der Waals surface area (Å²) in [5, 5.41) is 5.09. The molecule has 0 N–H and O–H groups in total. The average Bonchev–Trinajstić information content (AvgIpc) is 3.18. The quantitative estimate of drug-likeness (QED) is 0.203. The normalized spacial score (nSPS) is 16.1. The lowest BCUT2D eigenvalue weighted by atomic mass is 9.71. The molecule has 0 saturated carbocycles. The topological polar surface area (TPSA) is 3.24 Å². The van der Waals surface area contributed by atoms with E-state index in [0.29, 0.717) is 0 Å². The molecule has 0 spiro atoms. The van der Waals surface area contributed by atoms with Gasteiger partial charge in [0.15, 0.2) is 0 Å². The Labute approximate surface area is 230 Å². The van der Waals surface area contributed by atoms with Crippen LogP contribution in [0, 0.1) is 0 Å². The van der Waals surface area contributed by atoms with Crippen molar-refractivity contribution < 1.29 is 0 Å². The standard InChI is InChI=1S/C38H31N/c1-37(2)30-16-8-7-15-27(30)29-22-33-36(23-32(29)37)39(35-18-10-9-17-31(35)38(33,3)4)34-19-11-14-26-20-24-12-5-6-13-25(24)21-28(26)34/h5-23H,1-4H3. The van der Waals surface area contributed by atoms with Crippen molar-refractivity contribution in [1.29, 1.82) is 0 Å². The van der Waals surface area contributed by atoms with Gasteiger partial charge in [0.25, 0.3) is 0 Å². The van der Waals surface area contributed by atoms with Gasteiger partial charge in [-0.2, -0.15) is 0 Å². The van der Waals surface area contributed by atoms with Crippen LogP contribution in [0.3, 0.4) is 0 Å². The fourth-order valence-electron chi connectivity index (χ4n) is 7.30. The molecule has 188 valence electrons. The number of nitrogens with zero attached hydrogens (tertiary/aromatic N) is 1. The summed E-state index contributed by atoms with van der Waals surface area (Å²) in [6, 6.07) is 43.1. The molecule has 0 radical (unpaired) electrons. The molecule has 1 nitrogen and oxygen atoms in total. The number of rotatable bonds is 1. The van der Waals surface area contributed by atoms with Crippen LogP contribution in [0.2, 0.25) is 0 Å². The Bertz CT molecular complexity index is 1970. The van der Waals surface area contributed by atoms with Crippen LogP contribution in [0.1, 0.15) is 49.9 Å². The van der Waals surface area contributed by atoms with E-state index in [1.807, 2.05) is 0 Å². The lowest BCUT2D eigenvalue weighted by molar-refractivity contribution is 0.627. The Morgan fingerprint density at radius 1 is 0.410 bits per heavy atom. The highest BCUT2D eigenvalue weighted by molar-refractivity contribution is 6.07. The number of benzene rings is 6. The minimum Gasteiger partial charge on any atom is -0.309 e. The first kappa shape index (κ1) is 22.6. The third-order valence-electron chi connectivity index (χ3n) is 9.40. The molecule has 0 atom stereocenters. The Kier molecular flexibility index (Phi) is 4.41. The molecule has 0 aromatic heterocycles. The first-order chi connectivity index (χ1) is 18.9. The SMILES string of the molecule is CC1(C)c2ccccc2-c2cc3c(cc21)N(c1cccc2cc4ccccc4cc12)c1ccccc1C3(C)C. The van der Waals surface area contributed by atoms with Crippen molar-refractivity contribution in [2.24, 2.45) is 0 Å². The number of hydrogen-bond acceptors (Lipinski definition) is 1. The monoisotopic (exact) mass is 501 g/mol. The highest BCUT2D eigenvalue weighted by atomic mass is 15.2. The molecule has 1 heteroatoms. The number of fused-ring (bicyclic) bond motifs is 7. The molecule has 2 aliphatic rings. The first-order valence-electron chi connectivity index (χ1n) is 14.0. The zero-order valence-electron chi connectivity index (χ0n) is 22.9. The van der Waals surface area contributed by atoms with E-state index in [9.17, 15) is 0 Å². The van der Waals surface area contributed by atoms with Crippen LogP contribution in [0.5, 0.6) is 0 Å². The maximum absolute atomic E-state index is 2.53. The van der Waals surface area contributed by atoms with E-state index >= 15 is 0 Å². The van der Waals surface area contributed by atoms with Crippen LogP contribution in [0.4, 0.5) is 17.1 Å². The summed E-state index contributed by atoms with van der Waals surface area (Å²) in [6.07, 6.45) is 0. The predicted molar refractivity (Wildman–Crippen MR) is 166 cm³/mol. The molecule has 0 saturated heterocycles. The molecule has 8 rings (SSSR count). The minimum atomic E-state index is -0.129. The molecule has 0 unspecified atom stereocenters. The smallest absolute Gasteiger partial charge is 0.0540 e. The van der Waals surface area contributed by atoms with Crippen molar-refractivity contribution in [3.63, 3.8) is 0 Å². The van der Waals surface area contributed by atoms with Gasteiger partial charge < -0.3 is 4.90 Å². The third kappa shape index (κ3) is 2.96. The van der Waals surface area contributed by atoms with Crippen LogP contribution in [0.25, 0.3) is 32.7 Å². The Balaban J connectivity index is 1.47. The second kappa shape index (κ2) is 7.61. The summed E-state index contributed by atoms with van der Waals surface area (Å²) >= 11 is 0. The maximum atomic E-state index is 2.53. The van der Waals surface area contributed by atoms with Gasteiger partial charge in [0.1, 0.15) is 0 Å². The number of para-hydroxylation sites is 1. The number of hydrogen-bond donors (Lipinski definition) is 0. The van der Waals surface area contributed by atoms with Crippen molar-refractivity contribution in [1.82, 2.24) is 0 Å². The summed E-state index contributed by atoms with van der Waals surface area (Å²) in [4.78, 5) is 2.53. The van der Waals surface area contributed by atoms with E-state index in [4.69, 9.17) is 0 Å². The van der Waals surface area contributed by atoms with Gasteiger partial charge in [-0.1, -0.05) is 107 Å². The number of anilines is 3. The van der Waals surface area contributed by atoms with Gasteiger partial charge in [-0.05, 0) is 85.9 Å². The van der Waals surface area contributed by atoms with Crippen LogP contribution >= 0.6 is 0 Å². The molecule has 0 fully saturated rings. The fraction of sp³-hybridized carbons (Fsp3) is 0.158. The van der Waals surface area contributed by atoms with E-state index < -0.39 is 0 Å². The summed E-state index contributed by atoms with van der Waals surface area (Å²) in [5.74, 6) is 0.